The molecule has 1 rings (SSSR count). The van der Waals surface area contributed by atoms with E-state index >= 15 is 0 Å². The molecule has 0 atom stereocenters. The summed E-state index contributed by atoms with van der Waals surface area (Å²) in [6, 6.07) is 7.96. The van der Waals surface area contributed by atoms with Crippen LogP contribution in [0.15, 0.2) is 36.5 Å². The average molecular weight is 245 g/mol. The summed E-state index contributed by atoms with van der Waals surface area (Å²) in [6.07, 6.45) is 8.22. The molecule has 0 aromatic heterocycles. The van der Waals surface area contributed by atoms with Crippen molar-refractivity contribution in [1.29, 1.82) is 0 Å². The summed E-state index contributed by atoms with van der Waals surface area (Å²) in [7, 11) is 3.81. The van der Waals surface area contributed by atoms with E-state index in [1.54, 1.807) is 12.3 Å². The highest BCUT2D eigenvalue weighted by Crippen LogP contribution is 2.09. The lowest BCUT2D eigenvalue weighted by Gasteiger charge is -2.04. The lowest BCUT2D eigenvalue weighted by Crippen LogP contribution is -2.03. The minimum atomic E-state index is 0.0591. The Balaban J connectivity index is 2.56. The Kier molecular flexibility index (Phi) is 6.20. The number of hydrogen-bond acceptors (Lipinski definition) is 2. The molecule has 0 heterocycles. The second-order valence-corrected chi connectivity index (χ2v) is 4.80. The molecule has 98 valence electrons. The fourth-order valence-corrected chi connectivity index (χ4v) is 1.73. The topological polar surface area (TPSA) is 20.3 Å². The van der Waals surface area contributed by atoms with Crippen molar-refractivity contribution in [3.63, 3.8) is 0 Å². The highest BCUT2D eigenvalue weighted by atomic mass is 16.1. The van der Waals surface area contributed by atoms with Gasteiger partial charge in [-0.25, -0.2) is 0 Å². The Labute approximate surface area is 110 Å². The molecule has 1 aromatic rings. The number of ketones is 1. The molecular formula is C16H23NO. The fraction of sp³-hybridized carbons (Fsp3) is 0.438. The Morgan fingerprint density at radius 1 is 1.17 bits per heavy atom. The summed E-state index contributed by atoms with van der Waals surface area (Å²) in [6.45, 7) is 2.21. The highest BCUT2D eigenvalue weighted by molar-refractivity contribution is 6.04. The van der Waals surface area contributed by atoms with Gasteiger partial charge in [0.1, 0.15) is 0 Å². The van der Waals surface area contributed by atoms with E-state index in [1.807, 2.05) is 31.1 Å². The van der Waals surface area contributed by atoms with Crippen LogP contribution in [-0.4, -0.2) is 24.8 Å². The van der Waals surface area contributed by atoms with Crippen LogP contribution in [0.2, 0.25) is 0 Å². The van der Waals surface area contributed by atoms with Gasteiger partial charge in [0.05, 0.1) is 0 Å². The van der Waals surface area contributed by atoms with Gasteiger partial charge in [-0.2, -0.15) is 0 Å². The fourth-order valence-electron chi connectivity index (χ4n) is 1.73. The zero-order chi connectivity index (χ0) is 13.4. The third kappa shape index (κ3) is 5.17. The Hall–Kier alpha value is -1.57. The van der Waals surface area contributed by atoms with Gasteiger partial charge in [-0.05, 0) is 18.4 Å². The van der Waals surface area contributed by atoms with Gasteiger partial charge in [-0.15, -0.1) is 0 Å². The number of aryl methyl sites for hydroxylation is 1. The van der Waals surface area contributed by atoms with Crippen molar-refractivity contribution in [3.8, 4) is 0 Å². The molecule has 0 fully saturated rings. The lowest BCUT2D eigenvalue weighted by atomic mass is 10.0. The third-order valence-electron chi connectivity index (χ3n) is 2.83. The van der Waals surface area contributed by atoms with Crippen LogP contribution in [0.3, 0.4) is 0 Å². The van der Waals surface area contributed by atoms with E-state index in [9.17, 15) is 4.79 Å². The zero-order valence-electron chi connectivity index (χ0n) is 11.6. The smallest absolute Gasteiger partial charge is 0.187 e. The van der Waals surface area contributed by atoms with Crippen molar-refractivity contribution in [2.45, 2.75) is 32.6 Å². The van der Waals surface area contributed by atoms with E-state index < -0.39 is 0 Å². The number of benzene rings is 1. The largest absolute Gasteiger partial charge is 0.383 e. The van der Waals surface area contributed by atoms with E-state index in [1.165, 1.54) is 24.8 Å². The Morgan fingerprint density at radius 2 is 1.83 bits per heavy atom. The third-order valence-corrected chi connectivity index (χ3v) is 2.83. The maximum Gasteiger partial charge on any atom is 0.187 e. The number of rotatable bonds is 7. The summed E-state index contributed by atoms with van der Waals surface area (Å²) in [4.78, 5) is 13.7. The SMILES string of the molecule is CCCCCc1ccc(C(=O)C=CN(C)C)cc1. The molecule has 0 saturated heterocycles. The molecule has 0 amide bonds. The second-order valence-electron chi connectivity index (χ2n) is 4.80. The van der Waals surface area contributed by atoms with Crippen LogP contribution >= 0.6 is 0 Å². The number of carbonyl (C=O) groups is 1. The zero-order valence-corrected chi connectivity index (χ0v) is 11.6. The van der Waals surface area contributed by atoms with Gasteiger partial charge >= 0.3 is 0 Å². The first-order chi connectivity index (χ1) is 8.63. The maximum atomic E-state index is 11.8. The summed E-state index contributed by atoms with van der Waals surface area (Å²) in [5.74, 6) is 0.0591. The van der Waals surface area contributed by atoms with Crippen LogP contribution in [0, 0.1) is 0 Å². The number of allylic oxidation sites excluding steroid dienone is 1. The van der Waals surface area contributed by atoms with Crippen molar-refractivity contribution >= 4 is 5.78 Å². The predicted molar refractivity (Wildman–Crippen MR) is 76.8 cm³/mol. The molecule has 0 bridgehead atoms. The van der Waals surface area contributed by atoms with Crippen LogP contribution in [0.1, 0.15) is 42.1 Å². The first-order valence-electron chi connectivity index (χ1n) is 6.61. The first-order valence-corrected chi connectivity index (χ1v) is 6.61. The van der Waals surface area contributed by atoms with Gasteiger partial charge < -0.3 is 4.90 Å². The molecule has 2 nitrogen and oxygen atoms in total. The number of nitrogens with zero attached hydrogens (tertiary/aromatic N) is 1. The van der Waals surface area contributed by atoms with Gasteiger partial charge in [0.2, 0.25) is 0 Å². The van der Waals surface area contributed by atoms with Gasteiger partial charge in [-0.1, -0.05) is 44.0 Å². The quantitative estimate of drug-likeness (QED) is 0.415. The average Bonchev–Trinajstić information content (AvgIpc) is 2.37. The normalized spacial score (nSPS) is 10.8. The van der Waals surface area contributed by atoms with Crippen LogP contribution < -0.4 is 0 Å². The summed E-state index contributed by atoms with van der Waals surface area (Å²) in [5.41, 5.74) is 2.07. The molecule has 2 heteroatoms. The summed E-state index contributed by atoms with van der Waals surface area (Å²) in [5, 5.41) is 0. The molecule has 0 aliphatic rings. The van der Waals surface area contributed by atoms with Crippen LogP contribution in [-0.2, 0) is 6.42 Å². The predicted octanol–water partition coefficient (Wildman–Crippen LogP) is 3.68. The van der Waals surface area contributed by atoms with Gasteiger partial charge in [0, 0.05) is 31.9 Å². The van der Waals surface area contributed by atoms with E-state index in [4.69, 9.17) is 0 Å². The van der Waals surface area contributed by atoms with Gasteiger partial charge in [0.15, 0.2) is 5.78 Å². The van der Waals surface area contributed by atoms with Crippen molar-refractivity contribution in [3.05, 3.63) is 47.7 Å². The molecule has 0 radical (unpaired) electrons. The molecule has 1 aromatic carbocycles. The van der Waals surface area contributed by atoms with Crippen molar-refractivity contribution in [2.24, 2.45) is 0 Å². The molecule has 0 aliphatic heterocycles. The van der Waals surface area contributed by atoms with E-state index in [0.717, 1.165) is 12.0 Å². The van der Waals surface area contributed by atoms with E-state index in [-0.39, 0.29) is 5.78 Å². The first kappa shape index (κ1) is 14.5. The molecular weight excluding hydrogens is 222 g/mol. The van der Waals surface area contributed by atoms with Crippen molar-refractivity contribution in [1.82, 2.24) is 4.90 Å². The van der Waals surface area contributed by atoms with Crippen LogP contribution in [0.5, 0.6) is 0 Å². The summed E-state index contributed by atoms with van der Waals surface area (Å²) >= 11 is 0. The van der Waals surface area contributed by atoms with E-state index in [2.05, 4.69) is 19.1 Å². The molecule has 0 unspecified atom stereocenters. The number of hydrogen-bond donors (Lipinski definition) is 0. The minimum absolute atomic E-state index is 0.0591. The minimum Gasteiger partial charge on any atom is -0.383 e. The molecule has 0 aliphatic carbocycles. The van der Waals surface area contributed by atoms with Crippen LogP contribution in [0.4, 0.5) is 0 Å². The number of unbranched alkanes of at least 4 members (excludes halogenated alkanes) is 2. The standard InChI is InChI=1S/C16H23NO/c1-4-5-6-7-14-8-10-15(11-9-14)16(18)12-13-17(2)3/h8-13H,4-7H2,1-3H3. The van der Waals surface area contributed by atoms with Crippen LogP contribution in [0.25, 0.3) is 0 Å². The van der Waals surface area contributed by atoms with E-state index in [0.29, 0.717) is 0 Å². The Bertz CT molecular complexity index is 390. The second kappa shape index (κ2) is 7.70. The molecule has 0 N–H and O–H groups in total. The van der Waals surface area contributed by atoms with Gasteiger partial charge in [-0.3, -0.25) is 4.79 Å². The van der Waals surface area contributed by atoms with Crippen molar-refractivity contribution in [2.75, 3.05) is 14.1 Å². The van der Waals surface area contributed by atoms with Gasteiger partial charge in [0.25, 0.3) is 0 Å². The maximum absolute atomic E-state index is 11.8. The summed E-state index contributed by atoms with van der Waals surface area (Å²) < 4.78 is 0. The number of carbonyl (C=O) groups excluding carboxylic acids is 1. The molecule has 0 spiro atoms. The molecule has 18 heavy (non-hydrogen) atoms. The van der Waals surface area contributed by atoms with Crippen molar-refractivity contribution < 1.29 is 4.79 Å². The lowest BCUT2D eigenvalue weighted by molar-refractivity contribution is 0.104. The highest BCUT2D eigenvalue weighted by Gasteiger charge is 2.01. The monoisotopic (exact) mass is 245 g/mol. The molecule has 0 saturated carbocycles. The Morgan fingerprint density at radius 3 is 2.39 bits per heavy atom.